The second kappa shape index (κ2) is 4.84. The number of phenolic OH excluding ortho intramolecular Hbond substituents is 1. The molecule has 0 aromatic heterocycles. The summed E-state index contributed by atoms with van der Waals surface area (Å²) in [5, 5.41) is 10.2. The van der Waals surface area contributed by atoms with Crippen LogP contribution in [0.4, 0.5) is 0 Å². The molecule has 0 bridgehead atoms. The third-order valence-electron chi connectivity index (χ3n) is 2.75. The Labute approximate surface area is 95.0 Å². The van der Waals surface area contributed by atoms with Gasteiger partial charge >= 0.3 is 0 Å². The molecule has 0 fully saturated rings. The molecule has 0 amide bonds. The molecule has 0 heterocycles. The standard InChI is InChI=1S/C11H16ClNO2/c1-6-7(2)11(14)10(12)8(3)9(6)5-13-15-4/h13-14H,5H2,1-4H3. The van der Waals surface area contributed by atoms with Crippen LogP contribution in [0.15, 0.2) is 0 Å². The number of phenols is 1. The fourth-order valence-electron chi connectivity index (χ4n) is 1.57. The van der Waals surface area contributed by atoms with Gasteiger partial charge in [-0.05, 0) is 43.0 Å². The monoisotopic (exact) mass is 229 g/mol. The van der Waals surface area contributed by atoms with Gasteiger partial charge in [-0.25, -0.2) is 0 Å². The summed E-state index contributed by atoms with van der Waals surface area (Å²) in [4.78, 5) is 4.81. The summed E-state index contributed by atoms with van der Waals surface area (Å²) in [7, 11) is 1.57. The number of rotatable bonds is 3. The highest BCUT2D eigenvalue weighted by Gasteiger charge is 2.14. The third-order valence-corrected chi connectivity index (χ3v) is 3.22. The number of nitrogens with one attached hydrogen (secondary N) is 1. The van der Waals surface area contributed by atoms with Crippen LogP contribution in [0.25, 0.3) is 0 Å². The van der Waals surface area contributed by atoms with E-state index in [0.29, 0.717) is 11.6 Å². The average Bonchev–Trinajstić information content (AvgIpc) is 2.24. The molecule has 0 radical (unpaired) electrons. The van der Waals surface area contributed by atoms with Crippen LogP contribution in [0, 0.1) is 20.8 Å². The molecule has 4 heteroatoms. The van der Waals surface area contributed by atoms with Crippen LogP contribution in [0.2, 0.25) is 5.02 Å². The van der Waals surface area contributed by atoms with Gasteiger partial charge in [0.05, 0.1) is 12.1 Å². The van der Waals surface area contributed by atoms with Crippen molar-refractivity contribution in [2.45, 2.75) is 27.3 Å². The lowest BCUT2D eigenvalue weighted by Crippen LogP contribution is -2.13. The highest BCUT2D eigenvalue weighted by Crippen LogP contribution is 2.35. The highest BCUT2D eigenvalue weighted by atomic mass is 35.5. The van der Waals surface area contributed by atoms with Crippen molar-refractivity contribution in [3.8, 4) is 5.75 Å². The Morgan fingerprint density at radius 3 is 2.33 bits per heavy atom. The number of hydrogen-bond acceptors (Lipinski definition) is 3. The molecule has 2 N–H and O–H groups in total. The van der Waals surface area contributed by atoms with E-state index in [4.69, 9.17) is 16.4 Å². The minimum absolute atomic E-state index is 0.174. The predicted molar refractivity (Wildman–Crippen MR) is 61.2 cm³/mol. The molecule has 1 rings (SSSR count). The van der Waals surface area contributed by atoms with Gasteiger partial charge < -0.3 is 9.94 Å². The zero-order valence-electron chi connectivity index (χ0n) is 9.44. The topological polar surface area (TPSA) is 41.5 Å². The van der Waals surface area contributed by atoms with Gasteiger partial charge in [0.15, 0.2) is 0 Å². The molecule has 1 aromatic carbocycles. The molecule has 0 spiro atoms. The van der Waals surface area contributed by atoms with Gasteiger partial charge in [0.2, 0.25) is 0 Å². The van der Waals surface area contributed by atoms with Crippen LogP contribution >= 0.6 is 11.6 Å². The van der Waals surface area contributed by atoms with Crippen molar-refractivity contribution in [2.24, 2.45) is 0 Å². The van der Waals surface area contributed by atoms with Gasteiger partial charge in [-0.2, -0.15) is 5.48 Å². The number of hydrogen-bond donors (Lipinski definition) is 2. The molecule has 0 atom stereocenters. The Bertz CT molecular complexity index is 348. The molecular formula is C11H16ClNO2. The van der Waals surface area contributed by atoms with Gasteiger partial charge in [-0.3, -0.25) is 0 Å². The van der Waals surface area contributed by atoms with Gasteiger partial charge in [0, 0.05) is 6.54 Å². The molecule has 0 unspecified atom stereocenters. The Balaban J connectivity index is 3.26. The summed E-state index contributed by atoms with van der Waals surface area (Å²) in [5.41, 5.74) is 6.60. The van der Waals surface area contributed by atoms with Crippen LogP contribution in [0.1, 0.15) is 22.3 Å². The van der Waals surface area contributed by atoms with Crippen LogP contribution in [-0.2, 0) is 11.4 Å². The maximum Gasteiger partial charge on any atom is 0.137 e. The summed E-state index contributed by atoms with van der Waals surface area (Å²) in [6.45, 7) is 6.29. The first kappa shape index (κ1) is 12.3. The highest BCUT2D eigenvalue weighted by molar-refractivity contribution is 6.33. The minimum Gasteiger partial charge on any atom is -0.506 e. The van der Waals surface area contributed by atoms with Crippen molar-refractivity contribution in [2.75, 3.05) is 7.11 Å². The number of benzene rings is 1. The quantitative estimate of drug-likeness (QED) is 0.783. The van der Waals surface area contributed by atoms with Crippen LogP contribution < -0.4 is 5.48 Å². The average molecular weight is 230 g/mol. The first-order valence-electron chi connectivity index (χ1n) is 4.73. The normalized spacial score (nSPS) is 10.7. The van der Waals surface area contributed by atoms with Crippen LogP contribution in [0.3, 0.4) is 0 Å². The van der Waals surface area contributed by atoms with E-state index in [2.05, 4.69) is 5.48 Å². The van der Waals surface area contributed by atoms with E-state index in [1.807, 2.05) is 20.8 Å². The SMILES string of the molecule is CONCc1c(C)c(C)c(O)c(Cl)c1C. The summed E-state index contributed by atoms with van der Waals surface area (Å²) in [5.74, 6) is 0.174. The van der Waals surface area contributed by atoms with Crippen molar-refractivity contribution in [3.05, 3.63) is 27.3 Å². The maximum absolute atomic E-state index is 9.73. The molecule has 84 valence electrons. The summed E-state index contributed by atoms with van der Waals surface area (Å²) in [6, 6.07) is 0. The lowest BCUT2D eigenvalue weighted by molar-refractivity contribution is 0.0864. The number of hydroxylamine groups is 1. The van der Waals surface area contributed by atoms with E-state index in [-0.39, 0.29) is 5.75 Å². The number of aromatic hydroxyl groups is 1. The molecule has 0 aliphatic rings. The second-order valence-corrected chi connectivity index (χ2v) is 3.92. The Hall–Kier alpha value is -0.770. The third kappa shape index (κ3) is 2.25. The van der Waals surface area contributed by atoms with Crippen LogP contribution in [0.5, 0.6) is 5.75 Å². The van der Waals surface area contributed by atoms with E-state index in [0.717, 1.165) is 22.3 Å². The van der Waals surface area contributed by atoms with Crippen LogP contribution in [-0.4, -0.2) is 12.2 Å². The van der Waals surface area contributed by atoms with E-state index >= 15 is 0 Å². The predicted octanol–water partition coefficient (Wildman–Crippen LogP) is 2.62. The van der Waals surface area contributed by atoms with Crippen molar-refractivity contribution in [1.29, 1.82) is 0 Å². The molecule has 15 heavy (non-hydrogen) atoms. The molecular weight excluding hydrogens is 214 g/mol. The molecule has 0 aliphatic carbocycles. The van der Waals surface area contributed by atoms with Crippen molar-refractivity contribution in [1.82, 2.24) is 5.48 Å². The zero-order chi connectivity index (χ0) is 11.6. The van der Waals surface area contributed by atoms with E-state index < -0.39 is 0 Å². The van der Waals surface area contributed by atoms with Gasteiger partial charge in [0.25, 0.3) is 0 Å². The zero-order valence-corrected chi connectivity index (χ0v) is 10.2. The van der Waals surface area contributed by atoms with Crippen molar-refractivity contribution >= 4 is 11.6 Å². The smallest absolute Gasteiger partial charge is 0.137 e. The summed E-state index contributed by atoms with van der Waals surface area (Å²) in [6.07, 6.45) is 0. The van der Waals surface area contributed by atoms with Gasteiger partial charge in [-0.1, -0.05) is 11.6 Å². The van der Waals surface area contributed by atoms with Gasteiger partial charge in [-0.15, -0.1) is 0 Å². The minimum atomic E-state index is 0.174. The first-order valence-corrected chi connectivity index (χ1v) is 5.11. The molecule has 0 saturated heterocycles. The summed E-state index contributed by atoms with van der Waals surface area (Å²) >= 11 is 6.02. The number of halogens is 1. The fourth-order valence-corrected chi connectivity index (χ4v) is 1.83. The Morgan fingerprint density at radius 1 is 1.20 bits per heavy atom. The summed E-state index contributed by atoms with van der Waals surface area (Å²) < 4.78 is 0. The molecule has 1 aromatic rings. The van der Waals surface area contributed by atoms with E-state index in [1.165, 1.54) is 0 Å². The molecule has 3 nitrogen and oxygen atoms in total. The van der Waals surface area contributed by atoms with Crippen molar-refractivity contribution < 1.29 is 9.94 Å². The first-order chi connectivity index (χ1) is 7.00. The maximum atomic E-state index is 9.73. The Kier molecular flexibility index (Phi) is 3.97. The van der Waals surface area contributed by atoms with Crippen molar-refractivity contribution in [3.63, 3.8) is 0 Å². The van der Waals surface area contributed by atoms with E-state index in [1.54, 1.807) is 7.11 Å². The Morgan fingerprint density at radius 2 is 1.80 bits per heavy atom. The fraction of sp³-hybridized carbons (Fsp3) is 0.455. The lowest BCUT2D eigenvalue weighted by Gasteiger charge is -2.16. The molecule has 0 aliphatic heterocycles. The van der Waals surface area contributed by atoms with E-state index in [9.17, 15) is 5.11 Å². The van der Waals surface area contributed by atoms with Gasteiger partial charge in [0.1, 0.15) is 5.75 Å². The second-order valence-electron chi connectivity index (χ2n) is 3.54. The lowest BCUT2D eigenvalue weighted by atomic mass is 9.97. The largest absolute Gasteiger partial charge is 0.506 e. The molecule has 0 saturated carbocycles.